The molecule has 0 bridgehead atoms. The van der Waals surface area contributed by atoms with E-state index >= 15 is 0 Å². The Kier molecular flexibility index (Phi) is 5.92. The highest BCUT2D eigenvalue weighted by Gasteiger charge is 2.42. The minimum Gasteiger partial charge on any atom is -0.380 e. The van der Waals surface area contributed by atoms with E-state index in [1.54, 1.807) is 0 Å². The Morgan fingerprint density at radius 2 is 1.75 bits per heavy atom. The molecule has 1 rings (SSSR count). The highest BCUT2D eigenvalue weighted by Crippen LogP contribution is 2.24. The molecule has 5 heteroatoms. The fraction of sp³-hybridized carbons (Fsp3) is 1.00. The molecule has 16 heavy (non-hydrogen) atoms. The van der Waals surface area contributed by atoms with Crippen LogP contribution in [0.2, 0.25) is 6.04 Å². The van der Waals surface area contributed by atoms with Gasteiger partial charge in [0.1, 0.15) is 0 Å². The molecule has 1 fully saturated rings. The van der Waals surface area contributed by atoms with Crippen LogP contribution >= 0.6 is 0 Å². The monoisotopic (exact) mass is 248 g/mol. The Bertz CT molecular complexity index is 190. The van der Waals surface area contributed by atoms with Gasteiger partial charge in [0.25, 0.3) is 0 Å². The van der Waals surface area contributed by atoms with Crippen molar-refractivity contribution in [2.75, 3.05) is 26.4 Å². The average Bonchev–Trinajstić information content (AvgIpc) is 2.15. The number of hydrogen-bond donors (Lipinski definition) is 0. The first kappa shape index (κ1) is 14.1. The molecule has 1 unspecified atom stereocenters. The van der Waals surface area contributed by atoms with E-state index < -0.39 is 8.80 Å². The van der Waals surface area contributed by atoms with Crippen molar-refractivity contribution in [3.63, 3.8) is 0 Å². The lowest BCUT2D eigenvalue weighted by Crippen LogP contribution is -2.51. The van der Waals surface area contributed by atoms with Gasteiger partial charge >= 0.3 is 8.80 Å². The van der Waals surface area contributed by atoms with Gasteiger partial charge in [-0.05, 0) is 20.8 Å². The SMILES string of the molecule is CCO[Si](CC)(OCC)OC(C)C1COC1. The van der Waals surface area contributed by atoms with Crippen LogP contribution < -0.4 is 0 Å². The molecule has 0 spiro atoms. The largest absolute Gasteiger partial charge is 0.500 e. The first-order chi connectivity index (χ1) is 7.67. The molecule has 4 nitrogen and oxygen atoms in total. The van der Waals surface area contributed by atoms with E-state index in [0.717, 1.165) is 19.3 Å². The predicted octanol–water partition coefficient (Wildman–Crippen LogP) is 2.07. The molecule has 0 aliphatic carbocycles. The molecule has 0 radical (unpaired) electrons. The molecule has 0 aromatic heterocycles. The van der Waals surface area contributed by atoms with Crippen LogP contribution in [0.1, 0.15) is 27.7 Å². The zero-order valence-electron chi connectivity index (χ0n) is 10.8. The number of ether oxygens (including phenoxy) is 1. The van der Waals surface area contributed by atoms with Crippen LogP contribution in [0.3, 0.4) is 0 Å². The highest BCUT2D eigenvalue weighted by molar-refractivity contribution is 6.60. The van der Waals surface area contributed by atoms with Crippen molar-refractivity contribution in [3.8, 4) is 0 Å². The summed E-state index contributed by atoms with van der Waals surface area (Å²) in [6.07, 6.45) is 0.165. The van der Waals surface area contributed by atoms with Crippen molar-refractivity contribution in [1.82, 2.24) is 0 Å². The van der Waals surface area contributed by atoms with E-state index in [1.807, 2.05) is 13.8 Å². The van der Waals surface area contributed by atoms with E-state index in [2.05, 4.69) is 13.8 Å². The van der Waals surface area contributed by atoms with Crippen LogP contribution in [-0.4, -0.2) is 41.3 Å². The molecule has 1 aliphatic rings. The van der Waals surface area contributed by atoms with E-state index in [1.165, 1.54) is 0 Å². The zero-order valence-corrected chi connectivity index (χ0v) is 11.8. The fourth-order valence-electron chi connectivity index (χ4n) is 1.74. The zero-order chi connectivity index (χ0) is 12.0. The van der Waals surface area contributed by atoms with Gasteiger partial charge in [-0.3, -0.25) is 0 Å². The molecule has 0 saturated carbocycles. The lowest BCUT2D eigenvalue weighted by molar-refractivity contribution is -0.0960. The first-order valence-electron chi connectivity index (χ1n) is 6.20. The molecule has 0 N–H and O–H groups in total. The first-order valence-corrected chi connectivity index (χ1v) is 8.14. The molecule has 1 heterocycles. The summed E-state index contributed by atoms with van der Waals surface area (Å²) in [5.74, 6) is 0.499. The average molecular weight is 248 g/mol. The Morgan fingerprint density at radius 1 is 1.19 bits per heavy atom. The molecule has 0 aromatic rings. The lowest BCUT2D eigenvalue weighted by atomic mass is 10.0. The molecule has 0 amide bonds. The fourth-order valence-corrected chi connectivity index (χ4v) is 4.17. The maximum absolute atomic E-state index is 6.09. The topological polar surface area (TPSA) is 36.9 Å². The van der Waals surface area contributed by atoms with E-state index in [-0.39, 0.29) is 6.10 Å². The van der Waals surface area contributed by atoms with Crippen molar-refractivity contribution >= 4 is 8.80 Å². The van der Waals surface area contributed by atoms with Gasteiger partial charge < -0.3 is 18.0 Å². The van der Waals surface area contributed by atoms with Gasteiger partial charge in [-0.1, -0.05) is 6.92 Å². The van der Waals surface area contributed by atoms with Gasteiger partial charge in [0.05, 0.1) is 19.3 Å². The van der Waals surface area contributed by atoms with Crippen molar-refractivity contribution in [2.24, 2.45) is 5.92 Å². The van der Waals surface area contributed by atoms with Gasteiger partial charge in [-0.25, -0.2) is 0 Å². The lowest BCUT2D eigenvalue weighted by Gasteiger charge is -2.37. The van der Waals surface area contributed by atoms with Crippen LogP contribution in [0.4, 0.5) is 0 Å². The van der Waals surface area contributed by atoms with E-state index in [9.17, 15) is 0 Å². The quantitative estimate of drug-likeness (QED) is 0.616. The Balaban J connectivity index is 2.52. The van der Waals surface area contributed by atoms with Crippen molar-refractivity contribution in [1.29, 1.82) is 0 Å². The minimum atomic E-state index is -2.43. The van der Waals surface area contributed by atoms with Crippen LogP contribution in [0.15, 0.2) is 0 Å². The summed E-state index contributed by atoms with van der Waals surface area (Å²) in [5.41, 5.74) is 0. The van der Waals surface area contributed by atoms with Gasteiger partial charge in [-0.15, -0.1) is 0 Å². The predicted molar refractivity (Wildman–Crippen MR) is 64.3 cm³/mol. The summed E-state index contributed by atoms with van der Waals surface area (Å²) < 4.78 is 22.8. The maximum atomic E-state index is 6.09. The molecule has 1 saturated heterocycles. The maximum Gasteiger partial charge on any atom is 0.500 e. The van der Waals surface area contributed by atoms with Crippen molar-refractivity contribution in [3.05, 3.63) is 0 Å². The third kappa shape index (κ3) is 3.53. The summed E-state index contributed by atoms with van der Waals surface area (Å²) in [4.78, 5) is 0. The van der Waals surface area contributed by atoms with Crippen LogP contribution in [0.25, 0.3) is 0 Å². The second-order valence-corrected chi connectivity index (χ2v) is 6.91. The summed E-state index contributed by atoms with van der Waals surface area (Å²) in [5, 5.41) is 0. The Morgan fingerprint density at radius 3 is 2.06 bits per heavy atom. The summed E-state index contributed by atoms with van der Waals surface area (Å²) in [6, 6.07) is 0.826. The molecule has 96 valence electrons. The van der Waals surface area contributed by atoms with E-state index in [4.69, 9.17) is 18.0 Å². The summed E-state index contributed by atoms with van der Waals surface area (Å²) >= 11 is 0. The molecular formula is C11H24O4Si. The molecular weight excluding hydrogens is 224 g/mol. The third-order valence-electron chi connectivity index (χ3n) is 2.85. The minimum absolute atomic E-state index is 0.165. The highest BCUT2D eigenvalue weighted by atomic mass is 28.4. The van der Waals surface area contributed by atoms with Crippen LogP contribution in [0, 0.1) is 5.92 Å². The van der Waals surface area contributed by atoms with Crippen molar-refractivity contribution < 1.29 is 18.0 Å². The molecule has 1 aliphatic heterocycles. The number of rotatable bonds is 8. The Hall–Kier alpha value is 0.0569. The molecule has 0 aromatic carbocycles. The Labute approximate surface area is 99.6 Å². The second-order valence-electron chi connectivity index (χ2n) is 4.02. The van der Waals surface area contributed by atoms with Gasteiger partial charge in [0.15, 0.2) is 0 Å². The van der Waals surface area contributed by atoms with E-state index in [0.29, 0.717) is 19.1 Å². The molecule has 1 atom stereocenters. The van der Waals surface area contributed by atoms with Crippen LogP contribution in [-0.2, 0) is 18.0 Å². The van der Waals surface area contributed by atoms with Crippen LogP contribution in [0.5, 0.6) is 0 Å². The summed E-state index contributed by atoms with van der Waals surface area (Å²) in [6.45, 7) is 11.0. The third-order valence-corrected chi connectivity index (χ3v) is 5.91. The van der Waals surface area contributed by atoms with Gasteiger partial charge in [0, 0.05) is 25.2 Å². The summed E-state index contributed by atoms with van der Waals surface area (Å²) in [7, 11) is -2.43. The van der Waals surface area contributed by atoms with Crippen molar-refractivity contribution in [2.45, 2.75) is 39.8 Å². The van der Waals surface area contributed by atoms with Gasteiger partial charge in [-0.2, -0.15) is 0 Å². The van der Waals surface area contributed by atoms with Gasteiger partial charge in [0.2, 0.25) is 0 Å². The normalized spacial score (nSPS) is 19.5. The number of hydrogen-bond acceptors (Lipinski definition) is 4. The smallest absolute Gasteiger partial charge is 0.380 e. The standard InChI is InChI=1S/C11H24O4Si/c1-5-13-16(7-3,14-6-2)15-10(4)11-8-12-9-11/h10-11H,5-9H2,1-4H3. The second kappa shape index (κ2) is 6.71.